The highest BCUT2D eigenvalue weighted by Gasteiger charge is 2.02. The molecule has 0 aliphatic heterocycles. The molecule has 0 aliphatic carbocycles. The molecule has 0 saturated heterocycles. The highest BCUT2D eigenvalue weighted by atomic mass is 32.3. The van der Waals surface area contributed by atoms with Crippen LogP contribution in [0.1, 0.15) is 52.9 Å². The Hall–Kier alpha value is -2.33. The third kappa shape index (κ3) is 361. The average molecular weight is 557 g/mol. The van der Waals surface area contributed by atoms with E-state index in [2.05, 4.69) is 116 Å². The molecule has 0 spiro atoms. The predicted octanol–water partition coefficient (Wildman–Crippen LogP) is 8.21. The van der Waals surface area contributed by atoms with Crippen molar-refractivity contribution in [1.29, 1.82) is 0 Å². The molecule has 0 aromatic heterocycles. The summed E-state index contributed by atoms with van der Waals surface area (Å²) in [6, 6.07) is 0. The molecule has 0 radical (unpaired) electrons. The second-order valence-electron chi connectivity index (χ2n) is 3.89. The molecule has 0 saturated carbocycles. The van der Waals surface area contributed by atoms with Crippen molar-refractivity contribution in [3.8, 4) is 0 Å². The van der Waals surface area contributed by atoms with E-state index in [1.807, 2.05) is 13.8 Å². The summed E-state index contributed by atoms with van der Waals surface area (Å²) in [5, 5.41) is 15.2. The van der Waals surface area contributed by atoms with E-state index >= 15 is 0 Å². The molecule has 0 amide bonds. The molecule has 0 fully saturated rings. The molecular weight excluding hydrogens is 492 g/mol. The van der Waals surface area contributed by atoms with Gasteiger partial charge < -0.3 is 14.9 Å². The first-order valence-corrected chi connectivity index (χ1v) is 12.7. The molecule has 0 aromatic carbocycles. The van der Waals surface area contributed by atoms with Crippen LogP contribution in [0, 0.1) is 0 Å². The molecule has 0 unspecified atom stereocenters. The van der Waals surface area contributed by atoms with Crippen molar-refractivity contribution in [3.63, 3.8) is 0 Å². The number of unbranched alkanes of at least 4 members (excludes halogenated alkanes) is 4. The molecule has 3 N–H and O–H groups in total. The number of rotatable bonds is 10. The van der Waals surface area contributed by atoms with Gasteiger partial charge >= 0.3 is 10.4 Å². The topological polar surface area (TPSA) is 113 Å². The van der Waals surface area contributed by atoms with Crippen molar-refractivity contribution in [2.45, 2.75) is 52.9 Å². The van der Waals surface area contributed by atoms with E-state index < -0.39 is 10.4 Å². The molecule has 7 nitrogen and oxygen atoms in total. The standard InChI is InChI=1S/C7H16O4S.C4H10O.C2H6O2.8C2H4/c1-2-3-4-5-6-7-11-12(8,9)10;1-3-5-4-2;3-1-2-4;8*1-2/h2-7H2,1H3,(H,8,9,10);3-4H2,1-2H3;3-4H,1-2H2;8*1-2H2. The van der Waals surface area contributed by atoms with Crippen LogP contribution in [0.5, 0.6) is 0 Å². The fraction of sp³-hybridized carbons (Fsp3) is 0.448. The van der Waals surface area contributed by atoms with Gasteiger partial charge in [-0.15, -0.1) is 105 Å². The number of aliphatic hydroxyl groups excluding tert-OH is 2. The fourth-order valence-corrected chi connectivity index (χ4v) is 1.40. The van der Waals surface area contributed by atoms with Crippen molar-refractivity contribution in [2.75, 3.05) is 33.0 Å². The molecule has 0 bridgehead atoms. The van der Waals surface area contributed by atoms with Gasteiger partial charge in [-0.05, 0) is 20.3 Å². The summed E-state index contributed by atoms with van der Waals surface area (Å²) in [6.45, 7) is 55.6. The summed E-state index contributed by atoms with van der Waals surface area (Å²) in [6.07, 6.45) is 5.03. The van der Waals surface area contributed by atoms with Crippen molar-refractivity contribution < 1.29 is 32.1 Å². The zero-order valence-electron chi connectivity index (χ0n) is 24.8. The molecule has 0 heterocycles. The largest absolute Gasteiger partial charge is 0.397 e. The van der Waals surface area contributed by atoms with Gasteiger partial charge in [0.2, 0.25) is 0 Å². The van der Waals surface area contributed by atoms with Crippen molar-refractivity contribution in [3.05, 3.63) is 105 Å². The van der Waals surface area contributed by atoms with E-state index in [1.165, 1.54) is 0 Å². The van der Waals surface area contributed by atoms with Crippen LogP contribution < -0.4 is 0 Å². The van der Waals surface area contributed by atoms with Gasteiger partial charge in [-0.2, -0.15) is 8.42 Å². The highest BCUT2D eigenvalue weighted by molar-refractivity contribution is 7.80. The van der Waals surface area contributed by atoms with E-state index in [4.69, 9.17) is 19.5 Å². The van der Waals surface area contributed by atoms with Gasteiger partial charge in [-0.25, -0.2) is 4.18 Å². The molecular formula is C29H64O7S. The van der Waals surface area contributed by atoms with Crippen LogP contribution in [0.25, 0.3) is 0 Å². The lowest BCUT2D eigenvalue weighted by Crippen LogP contribution is -2.04. The molecule has 0 aromatic rings. The van der Waals surface area contributed by atoms with Gasteiger partial charge in [0, 0.05) is 13.2 Å². The normalized spacial score (nSPS) is 6.65. The van der Waals surface area contributed by atoms with Gasteiger partial charge in [-0.1, -0.05) is 32.6 Å². The molecule has 228 valence electrons. The summed E-state index contributed by atoms with van der Waals surface area (Å²) < 4.78 is 37.2. The molecule has 0 rings (SSSR count). The van der Waals surface area contributed by atoms with E-state index in [0.717, 1.165) is 38.9 Å². The Kier molecular flexibility index (Phi) is 277. The van der Waals surface area contributed by atoms with Crippen LogP contribution in [0.2, 0.25) is 0 Å². The number of aliphatic hydroxyl groups is 2. The molecule has 8 heteroatoms. The minimum atomic E-state index is -4.22. The van der Waals surface area contributed by atoms with E-state index in [1.54, 1.807) is 0 Å². The Morgan fingerprint density at radius 2 is 0.811 bits per heavy atom. The number of ether oxygens (including phenoxy) is 1. The fourth-order valence-electron chi connectivity index (χ4n) is 1.07. The van der Waals surface area contributed by atoms with Crippen molar-refractivity contribution >= 4 is 10.4 Å². The quantitative estimate of drug-likeness (QED) is 0.141. The maximum Gasteiger partial charge on any atom is 0.397 e. The second kappa shape index (κ2) is 146. The van der Waals surface area contributed by atoms with Gasteiger partial charge in [0.1, 0.15) is 0 Å². The minimum Gasteiger partial charge on any atom is -0.394 e. The third-order valence-corrected chi connectivity index (χ3v) is 2.45. The number of hydrogen-bond acceptors (Lipinski definition) is 6. The summed E-state index contributed by atoms with van der Waals surface area (Å²) in [5.41, 5.74) is 0. The maximum absolute atomic E-state index is 10.1. The average Bonchev–Trinajstić information content (AvgIpc) is 2.99. The smallest absolute Gasteiger partial charge is 0.394 e. The van der Waals surface area contributed by atoms with Crippen LogP contribution in [-0.4, -0.2) is 56.2 Å². The van der Waals surface area contributed by atoms with E-state index in [9.17, 15) is 8.42 Å². The molecule has 0 atom stereocenters. The Labute approximate surface area is 233 Å². The Morgan fingerprint density at radius 1 is 0.541 bits per heavy atom. The van der Waals surface area contributed by atoms with Gasteiger partial charge in [-0.3, -0.25) is 4.55 Å². The van der Waals surface area contributed by atoms with Crippen LogP contribution in [0.3, 0.4) is 0 Å². The van der Waals surface area contributed by atoms with Gasteiger partial charge in [0.15, 0.2) is 0 Å². The second-order valence-corrected chi connectivity index (χ2v) is 4.98. The summed E-state index contributed by atoms with van der Waals surface area (Å²) in [5.74, 6) is 0. The first-order chi connectivity index (χ1) is 17.9. The Balaban J connectivity index is -0.0000000256. The first-order valence-electron chi connectivity index (χ1n) is 11.3. The third-order valence-electron chi connectivity index (χ3n) is 1.99. The highest BCUT2D eigenvalue weighted by Crippen LogP contribution is 2.02. The summed E-state index contributed by atoms with van der Waals surface area (Å²) in [4.78, 5) is 0. The minimum absolute atomic E-state index is 0.0859. The van der Waals surface area contributed by atoms with Crippen LogP contribution in [0.4, 0.5) is 0 Å². The monoisotopic (exact) mass is 556 g/mol. The predicted molar refractivity (Wildman–Crippen MR) is 173 cm³/mol. The Morgan fingerprint density at radius 3 is 0.973 bits per heavy atom. The van der Waals surface area contributed by atoms with Crippen molar-refractivity contribution in [2.24, 2.45) is 0 Å². The van der Waals surface area contributed by atoms with E-state index in [0.29, 0.717) is 6.42 Å². The molecule has 37 heavy (non-hydrogen) atoms. The Bertz CT molecular complexity index is 337. The number of hydrogen-bond donors (Lipinski definition) is 3. The zero-order chi connectivity index (χ0) is 33.0. The van der Waals surface area contributed by atoms with E-state index in [-0.39, 0.29) is 19.8 Å². The van der Waals surface area contributed by atoms with Crippen LogP contribution in [-0.2, 0) is 19.3 Å². The summed E-state index contributed by atoms with van der Waals surface area (Å²) >= 11 is 0. The zero-order valence-corrected chi connectivity index (χ0v) is 25.6. The summed E-state index contributed by atoms with van der Waals surface area (Å²) in [7, 11) is -4.22. The SMILES string of the molecule is C=C.C=C.C=C.C=C.C=C.C=C.C=C.C=C.CCCCCCCOS(=O)(=O)O.CCOCC.OCCO. The maximum atomic E-state index is 10.1. The first kappa shape index (κ1) is 70.2. The van der Waals surface area contributed by atoms with Crippen LogP contribution in [0.15, 0.2) is 105 Å². The van der Waals surface area contributed by atoms with Gasteiger partial charge in [0.25, 0.3) is 0 Å². The van der Waals surface area contributed by atoms with Crippen molar-refractivity contribution in [1.82, 2.24) is 0 Å². The van der Waals surface area contributed by atoms with Crippen LogP contribution >= 0.6 is 0 Å². The lowest BCUT2D eigenvalue weighted by Gasteiger charge is -1.99. The lowest BCUT2D eigenvalue weighted by molar-refractivity contribution is 0.162. The van der Waals surface area contributed by atoms with Gasteiger partial charge in [0.05, 0.1) is 19.8 Å². The molecule has 0 aliphatic rings. The lowest BCUT2D eigenvalue weighted by atomic mass is 10.2.